The van der Waals surface area contributed by atoms with Gasteiger partial charge in [-0.05, 0) is 37.1 Å². The predicted molar refractivity (Wildman–Crippen MR) is 64.5 cm³/mol. The van der Waals surface area contributed by atoms with E-state index in [1.54, 1.807) is 7.11 Å². The first kappa shape index (κ1) is 10.5. The van der Waals surface area contributed by atoms with Crippen LogP contribution >= 0.6 is 0 Å². The molecule has 2 rings (SSSR count). The Balaban J connectivity index is 2.55. The molecular weight excluding hydrogens is 202 g/mol. The standard InChI is InChI=1S/C12H15N3O/c1-7-8(2)11(16-3)5-4-9(7)10-6-12(13)15-14-10/h4-6H,1-3H3,(H3,13,14,15). The summed E-state index contributed by atoms with van der Waals surface area (Å²) in [5, 5.41) is 6.84. The van der Waals surface area contributed by atoms with Gasteiger partial charge >= 0.3 is 0 Å². The number of aromatic nitrogens is 2. The van der Waals surface area contributed by atoms with Gasteiger partial charge in [0.2, 0.25) is 0 Å². The molecular formula is C12H15N3O. The third-order valence-electron chi connectivity index (χ3n) is 2.85. The van der Waals surface area contributed by atoms with E-state index in [2.05, 4.69) is 17.1 Å². The molecule has 2 aromatic rings. The van der Waals surface area contributed by atoms with Crippen LogP contribution in [0.4, 0.5) is 5.82 Å². The third kappa shape index (κ3) is 1.62. The second-order valence-electron chi connectivity index (χ2n) is 3.77. The molecule has 0 amide bonds. The normalized spacial score (nSPS) is 10.4. The molecule has 0 radical (unpaired) electrons. The predicted octanol–water partition coefficient (Wildman–Crippen LogP) is 2.28. The molecule has 0 aliphatic carbocycles. The fraction of sp³-hybridized carbons (Fsp3) is 0.250. The van der Waals surface area contributed by atoms with Crippen molar-refractivity contribution < 1.29 is 4.74 Å². The second-order valence-corrected chi connectivity index (χ2v) is 3.77. The molecule has 1 aromatic heterocycles. The Morgan fingerprint density at radius 1 is 1.25 bits per heavy atom. The van der Waals surface area contributed by atoms with E-state index in [0.29, 0.717) is 5.82 Å². The van der Waals surface area contributed by atoms with Crippen LogP contribution in [0.1, 0.15) is 11.1 Å². The summed E-state index contributed by atoms with van der Waals surface area (Å²) in [6, 6.07) is 5.79. The number of hydrogen-bond donors (Lipinski definition) is 2. The molecule has 4 heteroatoms. The maximum atomic E-state index is 5.59. The topological polar surface area (TPSA) is 63.9 Å². The highest BCUT2D eigenvalue weighted by Gasteiger charge is 2.09. The minimum absolute atomic E-state index is 0.503. The number of hydrogen-bond acceptors (Lipinski definition) is 3. The van der Waals surface area contributed by atoms with Gasteiger partial charge in [-0.3, -0.25) is 5.10 Å². The number of rotatable bonds is 2. The van der Waals surface area contributed by atoms with Gasteiger partial charge in [0.15, 0.2) is 0 Å². The molecule has 0 fully saturated rings. The Kier molecular flexibility index (Phi) is 2.56. The van der Waals surface area contributed by atoms with Gasteiger partial charge in [0, 0.05) is 11.6 Å². The number of H-pyrrole nitrogens is 1. The zero-order valence-electron chi connectivity index (χ0n) is 9.66. The van der Waals surface area contributed by atoms with Gasteiger partial charge < -0.3 is 10.5 Å². The van der Waals surface area contributed by atoms with E-state index in [1.165, 1.54) is 5.56 Å². The first-order valence-corrected chi connectivity index (χ1v) is 5.09. The number of nitrogens with one attached hydrogen (secondary N) is 1. The van der Waals surface area contributed by atoms with Crippen LogP contribution in [0.3, 0.4) is 0 Å². The Labute approximate surface area is 94.4 Å². The molecule has 0 bridgehead atoms. The number of nitrogens with two attached hydrogens (primary N) is 1. The van der Waals surface area contributed by atoms with Crippen LogP contribution in [0.2, 0.25) is 0 Å². The van der Waals surface area contributed by atoms with Crippen molar-refractivity contribution >= 4 is 5.82 Å². The number of nitrogen functional groups attached to an aromatic ring is 1. The molecule has 0 spiro atoms. The van der Waals surface area contributed by atoms with Crippen LogP contribution in [-0.2, 0) is 0 Å². The first-order chi connectivity index (χ1) is 7.63. The van der Waals surface area contributed by atoms with Crippen molar-refractivity contribution in [2.45, 2.75) is 13.8 Å². The van der Waals surface area contributed by atoms with E-state index >= 15 is 0 Å². The summed E-state index contributed by atoms with van der Waals surface area (Å²) in [6.45, 7) is 4.10. The monoisotopic (exact) mass is 217 g/mol. The van der Waals surface area contributed by atoms with Crippen LogP contribution in [-0.4, -0.2) is 17.3 Å². The van der Waals surface area contributed by atoms with Crippen LogP contribution in [0.5, 0.6) is 5.75 Å². The summed E-state index contributed by atoms with van der Waals surface area (Å²) in [6.07, 6.45) is 0. The van der Waals surface area contributed by atoms with E-state index in [-0.39, 0.29) is 0 Å². The summed E-state index contributed by atoms with van der Waals surface area (Å²) in [7, 11) is 1.68. The van der Waals surface area contributed by atoms with E-state index < -0.39 is 0 Å². The maximum absolute atomic E-state index is 5.59. The molecule has 0 aliphatic heterocycles. The van der Waals surface area contributed by atoms with Gasteiger partial charge in [0.1, 0.15) is 11.6 Å². The SMILES string of the molecule is COc1ccc(-c2cc(N)n[nH]2)c(C)c1C. The minimum Gasteiger partial charge on any atom is -0.496 e. The lowest BCUT2D eigenvalue weighted by molar-refractivity contribution is 0.411. The lowest BCUT2D eigenvalue weighted by Gasteiger charge is -2.11. The summed E-state index contributed by atoms with van der Waals surface area (Å²) in [5.74, 6) is 1.40. The second kappa shape index (κ2) is 3.89. The minimum atomic E-state index is 0.503. The third-order valence-corrected chi connectivity index (χ3v) is 2.85. The Bertz CT molecular complexity index is 517. The van der Waals surface area contributed by atoms with Crippen LogP contribution in [0, 0.1) is 13.8 Å². The smallest absolute Gasteiger partial charge is 0.145 e. The number of aromatic amines is 1. The Morgan fingerprint density at radius 3 is 2.56 bits per heavy atom. The average Bonchev–Trinajstić information content (AvgIpc) is 2.69. The van der Waals surface area contributed by atoms with Crippen molar-refractivity contribution in [2.24, 2.45) is 0 Å². The van der Waals surface area contributed by atoms with Gasteiger partial charge in [-0.1, -0.05) is 0 Å². The van der Waals surface area contributed by atoms with Gasteiger partial charge in [-0.15, -0.1) is 0 Å². The molecule has 0 saturated carbocycles. The van der Waals surface area contributed by atoms with Crippen molar-refractivity contribution in [1.29, 1.82) is 0 Å². The van der Waals surface area contributed by atoms with Crippen LogP contribution < -0.4 is 10.5 Å². The van der Waals surface area contributed by atoms with Crippen LogP contribution in [0.25, 0.3) is 11.3 Å². The molecule has 3 N–H and O–H groups in total. The lowest BCUT2D eigenvalue weighted by Crippen LogP contribution is -1.93. The first-order valence-electron chi connectivity index (χ1n) is 5.09. The van der Waals surface area contributed by atoms with Gasteiger partial charge in [0.25, 0.3) is 0 Å². The van der Waals surface area contributed by atoms with Crippen molar-refractivity contribution in [1.82, 2.24) is 10.2 Å². The highest BCUT2D eigenvalue weighted by atomic mass is 16.5. The largest absolute Gasteiger partial charge is 0.496 e. The molecule has 0 atom stereocenters. The summed E-state index contributed by atoms with van der Waals surface area (Å²) in [5.41, 5.74) is 9.93. The molecule has 1 aromatic carbocycles. The highest BCUT2D eigenvalue weighted by Crippen LogP contribution is 2.30. The molecule has 0 saturated heterocycles. The number of ether oxygens (including phenoxy) is 1. The van der Waals surface area contributed by atoms with Gasteiger partial charge in [-0.2, -0.15) is 5.10 Å². The fourth-order valence-electron chi connectivity index (χ4n) is 1.78. The summed E-state index contributed by atoms with van der Waals surface area (Å²) >= 11 is 0. The molecule has 1 heterocycles. The average molecular weight is 217 g/mol. The van der Waals surface area contributed by atoms with Gasteiger partial charge in [-0.25, -0.2) is 0 Å². The van der Waals surface area contributed by atoms with E-state index in [9.17, 15) is 0 Å². The molecule has 0 unspecified atom stereocenters. The van der Waals surface area contributed by atoms with Crippen molar-refractivity contribution in [3.8, 4) is 17.0 Å². The Hall–Kier alpha value is -1.97. The number of benzene rings is 1. The van der Waals surface area contributed by atoms with Gasteiger partial charge in [0.05, 0.1) is 12.8 Å². The number of methoxy groups -OCH3 is 1. The Morgan fingerprint density at radius 2 is 2.00 bits per heavy atom. The van der Waals surface area contributed by atoms with Crippen LogP contribution in [0.15, 0.2) is 18.2 Å². The summed E-state index contributed by atoms with van der Waals surface area (Å²) < 4.78 is 5.27. The van der Waals surface area contributed by atoms with Crippen molar-refractivity contribution in [3.05, 3.63) is 29.3 Å². The zero-order chi connectivity index (χ0) is 11.7. The lowest BCUT2D eigenvalue weighted by atomic mass is 10.00. The summed E-state index contributed by atoms with van der Waals surface area (Å²) in [4.78, 5) is 0. The van der Waals surface area contributed by atoms with Crippen molar-refractivity contribution in [3.63, 3.8) is 0 Å². The van der Waals surface area contributed by atoms with Crippen molar-refractivity contribution in [2.75, 3.05) is 12.8 Å². The fourth-order valence-corrected chi connectivity index (χ4v) is 1.78. The molecule has 84 valence electrons. The number of nitrogens with zero attached hydrogens (tertiary/aromatic N) is 1. The maximum Gasteiger partial charge on any atom is 0.145 e. The zero-order valence-corrected chi connectivity index (χ0v) is 9.66. The quantitative estimate of drug-likeness (QED) is 0.811. The highest BCUT2D eigenvalue weighted by molar-refractivity contribution is 5.68. The molecule has 16 heavy (non-hydrogen) atoms. The molecule has 4 nitrogen and oxygen atoms in total. The number of anilines is 1. The van der Waals surface area contributed by atoms with E-state index in [4.69, 9.17) is 10.5 Å². The molecule has 0 aliphatic rings. The van der Waals surface area contributed by atoms with E-state index in [1.807, 2.05) is 25.1 Å². The van der Waals surface area contributed by atoms with E-state index in [0.717, 1.165) is 22.6 Å².